The van der Waals surface area contributed by atoms with E-state index in [1.165, 1.54) is 21.9 Å². The summed E-state index contributed by atoms with van der Waals surface area (Å²) in [5.74, 6) is 1.82. The van der Waals surface area contributed by atoms with Crippen LogP contribution in [0.25, 0.3) is 99.9 Å². The molecule has 0 spiro atoms. The summed E-state index contributed by atoms with van der Waals surface area (Å²) in [4.78, 5) is 15.8. The van der Waals surface area contributed by atoms with E-state index in [4.69, 9.17) is 19.4 Å². The minimum atomic E-state index is 0.593. The van der Waals surface area contributed by atoms with Crippen molar-refractivity contribution in [2.75, 3.05) is 0 Å². The molecule has 0 amide bonds. The minimum absolute atomic E-state index is 0.593. The second kappa shape index (κ2) is 11.9. The van der Waals surface area contributed by atoms with Gasteiger partial charge >= 0.3 is 0 Å². The van der Waals surface area contributed by atoms with Crippen LogP contribution in [0, 0.1) is 0 Å². The van der Waals surface area contributed by atoms with Crippen molar-refractivity contribution in [3.63, 3.8) is 0 Å². The first kappa shape index (κ1) is 29.0. The van der Waals surface area contributed by atoms with Crippen molar-refractivity contribution < 1.29 is 4.42 Å². The van der Waals surface area contributed by atoms with Gasteiger partial charge in [0.05, 0.1) is 0 Å². The monoisotopic (exact) mass is 651 g/mol. The van der Waals surface area contributed by atoms with E-state index < -0.39 is 0 Å². The predicted octanol–water partition coefficient (Wildman–Crippen LogP) is 12.4. The number of hydrogen-bond acceptors (Lipinski definition) is 4. The summed E-state index contributed by atoms with van der Waals surface area (Å²) >= 11 is 0. The standard InChI is InChI=1S/C47H29N3O/c1-3-14-31(15-4-1)35-25-26-39(38-20-10-9-19-37(35)38)46-48-45(32-16-5-2-6-17-32)49-47(50-46)44-36(34-24-23-30-13-7-8-18-33(30)29-34)27-28-42-43(44)40-21-11-12-22-41(40)51-42/h1-29H. The lowest BCUT2D eigenvalue weighted by molar-refractivity contribution is 0.669. The molecule has 0 atom stereocenters. The Morgan fingerprint density at radius 2 is 0.922 bits per heavy atom. The molecule has 0 fully saturated rings. The zero-order valence-corrected chi connectivity index (χ0v) is 27.5. The van der Waals surface area contributed by atoms with Gasteiger partial charge in [-0.15, -0.1) is 0 Å². The van der Waals surface area contributed by atoms with Crippen LogP contribution in [0.3, 0.4) is 0 Å². The highest BCUT2D eigenvalue weighted by molar-refractivity contribution is 6.15. The summed E-state index contributed by atoms with van der Waals surface area (Å²) < 4.78 is 6.45. The summed E-state index contributed by atoms with van der Waals surface area (Å²) in [6.07, 6.45) is 0. The van der Waals surface area contributed by atoms with E-state index in [1.807, 2.05) is 36.4 Å². The number of fused-ring (bicyclic) bond motifs is 5. The molecule has 0 unspecified atom stereocenters. The SMILES string of the molecule is c1ccc(-c2nc(-c3ccc(-c4ccccc4)c4ccccc34)nc(-c3c(-c4ccc5ccccc5c4)ccc4oc5ccccc5c34)n2)cc1. The average Bonchev–Trinajstić information content (AvgIpc) is 3.59. The number of aromatic nitrogens is 3. The van der Waals surface area contributed by atoms with Crippen LogP contribution in [0.4, 0.5) is 0 Å². The predicted molar refractivity (Wildman–Crippen MR) is 209 cm³/mol. The van der Waals surface area contributed by atoms with Crippen molar-refractivity contribution in [1.82, 2.24) is 15.0 Å². The van der Waals surface area contributed by atoms with Gasteiger partial charge in [-0.25, -0.2) is 15.0 Å². The van der Waals surface area contributed by atoms with Gasteiger partial charge in [0.2, 0.25) is 0 Å². The van der Waals surface area contributed by atoms with Crippen LogP contribution in [0.5, 0.6) is 0 Å². The molecule has 51 heavy (non-hydrogen) atoms. The highest BCUT2D eigenvalue weighted by Crippen LogP contribution is 2.43. The molecule has 8 aromatic carbocycles. The fourth-order valence-electron chi connectivity index (χ4n) is 7.33. The van der Waals surface area contributed by atoms with Gasteiger partial charge in [0, 0.05) is 27.5 Å². The maximum Gasteiger partial charge on any atom is 0.165 e. The Bertz CT molecular complexity index is 2910. The van der Waals surface area contributed by atoms with Crippen LogP contribution in [0.15, 0.2) is 180 Å². The Morgan fingerprint density at radius 1 is 0.333 bits per heavy atom. The Labute approximate surface area is 294 Å². The Hall–Kier alpha value is -6.91. The van der Waals surface area contributed by atoms with E-state index >= 15 is 0 Å². The smallest absolute Gasteiger partial charge is 0.165 e. The molecule has 10 rings (SSSR count). The number of furan rings is 1. The zero-order chi connectivity index (χ0) is 33.7. The summed E-state index contributed by atoms with van der Waals surface area (Å²) in [5, 5.41) is 6.59. The van der Waals surface area contributed by atoms with Gasteiger partial charge in [-0.3, -0.25) is 0 Å². The van der Waals surface area contributed by atoms with Crippen LogP contribution >= 0.6 is 0 Å². The Balaban J connectivity index is 1.29. The molecule has 2 aromatic heterocycles. The van der Waals surface area contributed by atoms with E-state index in [-0.39, 0.29) is 0 Å². The molecule has 0 aliphatic rings. The topological polar surface area (TPSA) is 51.8 Å². The van der Waals surface area contributed by atoms with E-state index in [0.717, 1.165) is 60.5 Å². The molecule has 10 aromatic rings. The highest BCUT2D eigenvalue weighted by atomic mass is 16.3. The second-order valence-corrected chi connectivity index (χ2v) is 12.8. The van der Waals surface area contributed by atoms with Gasteiger partial charge in [-0.2, -0.15) is 0 Å². The van der Waals surface area contributed by atoms with E-state index in [2.05, 4.69) is 140 Å². The van der Waals surface area contributed by atoms with Crippen molar-refractivity contribution in [1.29, 1.82) is 0 Å². The van der Waals surface area contributed by atoms with Gasteiger partial charge in [0.25, 0.3) is 0 Å². The molecule has 0 bridgehead atoms. The first-order valence-electron chi connectivity index (χ1n) is 17.1. The maximum absolute atomic E-state index is 6.45. The normalized spacial score (nSPS) is 11.5. The van der Waals surface area contributed by atoms with Gasteiger partial charge in [0.15, 0.2) is 17.5 Å². The summed E-state index contributed by atoms with van der Waals surface area (Å²) in [6.45, 7) is 0. The third kappa shape index (κ3) is 4.96. The number of benzene rings is 8. The lowest BCUT2D eigenvalue weighted by Gasteiger charge is -2.15. The Kier molecular flexibility index (Phi) is 6.78. The quantitative estimate of drug-likeness (QED) is 0.186. The van der Waals surface area contributed by atoms with E-state index in [1.54, 1.807) is 0 Å². The highest BCUT2D eigenvalue weighted by Gasteiger charge is 2.23. The molecule has 0 aliphatic heterocycles. The third-order valence-corrected chi connectivity index (χ3v) is 9.74. The molecule has 0 saturated heterocycles. The summed E-state index contributed by atoms with van der Waals surface area (Å²) in [7, 11) is 0. The van der Waals surface area contributed by atoms with Gasteiger partial charge in [-0.1, -0.05) is 146 Å². The minimum Gasteiger partial charge on any atom is -0.456 e. The molecule has 2 heterocycles. The summed E-state index contributed by atoms with van der Waals surface area (Å²) in [5.41, 5.74) is 8.84. The first-order chi connectivity index (χ1) is 25.3. The van der Waals surface area contributed by atoms with Crippen LogP contribution in [-0.2, 0) is 0 Å². The molecule has 4 nitrogen and oxygen atoms in total. The molecular formula is C47H29N3O. The fraction of sp³-hybridized carbons (Fsp3) is 0. The molecule has 4 heteroatoms. The third-order valence-electron chi connectivity index (χ3n) is 9.74. The van der Waals surface area contributed by atoms with Crippen LogP contribution in [0.1, 0.15) is 0 Å². The van der Waals surface area contributed by atoms with E-state index in [0.29, 0.717) is 17.5 Å². The Morgan fingerprint density at radius 3 is 1.73 bits per heavy atom. The molecule has 0 radical (unpaired) electrons. The van der Waals surface area contributed by atoms with Gasteiger partial charge in [-0.05, 0) is 74.1 Å². The van der Waals surface area contributed by atoms with Crippen LogP contribution < -0.4 is 0 Å². The number of nitrogens with zero attached hydrogens (tertiary/aromatic N) is 3. The second-order valence-electron chi connectivity index (χ2n) is 12.8. The van der Waals surface area contributed by atoms with Crippen molar-refractivity contribution in [2.24, 2.45) is 0 Å². The molecule has 0 N–H and O–H groups in total. The maximum atomic E-state index is 6.45. The summed E-state index contributed by atoms with van der Waals surface area (Å²) in [6, 6.07) is 61.0. The van der Waals surface area contributed by atoms with Crippen molar-refractivity contribution >= 4 is 43.5 Å². The molecule has 238 valence electrons. The average molecular weight is 652 g/mol. The van der Waals surface area contributed by atoms with Gasteiger partial charge in [0.1, 0.15) is 11.2 Å². The lowest BCUT2D eigenvalue weighted by Crippen LogP contribution is -2.02. The van der Waals surface area contributed by atoms with Crippen molar-refractivity contribution in [3.8, 4) is 56.4 Å². The molecular weight excluding hydrogens is 623 g/mol. The fourth-order valence-corrected chi connectivity index (χ4v) is 7.33. The molecule has 0 saturated carbocycles. The van der Waals surface area contributed by atoms with Crippen molar-refractivity contribution in [2.45, 2.75) is 0 Å². The zero-order valence-electron chi connectivity index (χ0n) is 27.5. The first-order valence-corrected chi connectivity index (χ1v) is 17.1. The van der Waals surface area contributed by atoms with Crippen molar-refractivity contribution in [3.05, 3.63) is 176 Å². The number of para-hydroxylation sites is 1. The number of hydrogen-bond donors (Lipinski definition) is 0. The molecule has 0 aliphatic carbocycles. The largest absolute Gasteiger partial charge is 0.456 e. The number of rotatable bonds is 5. The lowest BCUT2D eigenvalue weighted by atomic mass is 9.93. The van der Waals surface area contributed by atoms with Crippen LogP contribution in [-0.4, -0.2) is 15.0 Å². The van der Waals surface area contributed by atoms with Gasteiger partial charge < -0.3 is 4.42 Å². The van der Waals surface area contributed by atoms with Crippen LogP contribution in [0.2, 0.25) is 0 Å². The van der Waals surface area contributed by atoms with E-state index in [9.17, 15) is 0 Å².